The summed E-state index contributed by atoms with van der Waals surface area (Å²) in [6, 6.07) is 6.10. The summed E-state index contributed by atoms with van der Waals surface area (Å²) in [5, 5.41) is 7.07. The van der Waals surface area contributed by atoms with Crippen LogP contribution in [0.2, 0.25) is 0 Å². The number of nitrogens with one attached hydrogen (secondary N) is 1. The lowest BCUT2D eigenvalue weighted by molar-refractivity contribution is 0.0936. The minimum Gasteiger partial charge on any atom is -0.491 e. The third-order valence-corrected chi connectivity index (χ3v) is 4.79. The Balaban J connectivity index is 1.84. The monoisotopic (exact) mass is 409 g/mol. The van der Waals surface area contributed by atoms with Gasteiger partial charge in [0.1, 0.15) is 18.1 Å². The highest BCUT2D eigenvalue weighted by atomic mass is 79.9. The van der Waals surface area contributed by atoms with Crippen molar-refractivity contribution >= 4 is 21.8 Å². The highest BCUT2D eigenvalue weighted by Gasteiger charge is 2.17. The fourth-order valence-corrected chi connectivity index (χ4v) is 3.05. The van der Waals surface area contributed by atoms with E-state index in [2.05, 4.69) is 32.4 Å². The van der Waals surface area contributed by atoms with Crippen LogP contribution in [0.15, 0.2) is 22.7 Å². The summed E-state index contributed by atoms with van der Waals surface area (Å²) in [7, 11) is 3.45. The molecule has 7 heteroatoms. The molecule has 0 fully saturated rings. The number of hydrogen-bond acceptors (Lipinski definition) is 4. The predicted molar refractivity (Wildman–Crippen MR) is 100 cm³/mol. The molecule has 0 radical (unpaired) electrons. The molecule has 0 bridgehead atoms. The number of methoxy groups -OCH3 is 1. The van der Waals surface area contributed by atoms with Crippen LogP contribution in [0.1, 0.15) is 27.3 Å². The fraction of sp³-hybridized carbons (Fsp3) is 0.444. The Kier molecular flexibility index (Phi) is 7.01. The highest BCUT2D eigenvalue weighted by Crippen LogP contribution is 2.20. The normalized spacial score (nSPS) is 10.8. The Morgan fingerprint density at radius 1 is 1.32 bits per heavy atom. The third-order valence-electron chi connectivity index (χ3n) is 3.84. The quantitative estimate of drug-likeness (QED) is 0.680. The van der Waals surface area contributed by atoms with Crippen molar-refractivity contribution in [2.24, 2.45) is 7.05 Å². The SMILES string of the molecule is COCCc1ccc(OCCNC(=O)c2c(Br)c(C)nn2C)c(C)c1. The molecule has 2 aromatic rings. The Morgan fingerprint density at radius 3 is 2.68 bits per heavy atom. The van der Waals surface area contributed by atoms with Crippen molar-refractivity contribution in [3.63, 3.8) is 0 Å². The fourth-order valence-electron chi connectivity index (χ4n) is 2.54. The van der Waals surface area contributed by atoms with E-state index in [1.807, 2.05) is 26.0 Å². The number of rotatable bonds is 8. The first-order valence-corrected chi connectivity index (χ1v) is 8.92. The van der Waals surface area contributed by atoms with Crippen molar-refractivity contribution in [1.82, 2.24) is 15.1 Å². The van der Waals surface area contributed by atoms with Crippen LogP contribution in [0.5, 0.6) is 5.75 Å². The van der Waals surface area contributed by atoms with Gasteiger partial charge in [-0.3, -0.25) is 9.48 Å². The molecule has 0 aliphatic heterocycles. The van der Waals surface area contributed by atoms with E-state index >= 15 is 0 Å². The Bertz CT molecular complexity index is 743. The number of amides is 1. The zero-order valence-electron chi connectivity index (χ0n) is 15.1. The molecule has 0 saturated heterocycles. The number of halogens is 1. The van der Waals surface area contributed by atoms with Crippen LogP contribution in [0.4, 0.5) is 0 Å². The summed E-state index contributed by atoms with van der Waals surface area (Å²) < 4.78 is 13.1. The van der Waals surface area contributed by atoms with Crippen molar-refractivity contribution in [3.8, 4) is 5.75 Å². The maximum absolute atomic E-state index is 12.3. The zero-order chi connectivity index (χ0) is 18.4. The van der Waals surface area contributed by atoms with Gasteiger partial charge in [0.15, 0.2) is 0 Å². The smallest absolute Gasteiger partial charge is 0.270 e. The van der Waals surface area contributed by atoms with Gasteiger partial charge < -0.3 is 14.8 Å². The lowest BCUT2D eigenvalue weighted by Gasteiger charge is -2.11. The number of nitrogens with zero attached hydrogens (tertiary/aromatic N) is 2. The van der Waals surface area contributed by atoms with Gasteiger partial charge in [0.25, 0.3) is 5.91 Å². The van der Waals surface area contributed by atoms with Gasteiger partial charge in [-0.1, -0.05) is 12.1 Å². The van der Waals surface area contributed by atoms with E-state index in [0.29, 0.717) is 25.5 Å². The summed E-state index contributed by atoms with van der Waals surface area (Å²) >= 11 is 3.40. The van der Waals surface area contributed by atoms with E-state index in [1.54, 1.807) is 18.8 Å². The summed E-state index contributed by atoms with van der Waals surface area (Å²) in [6.45, 7) is 5.39. The molecule has 0 aliphatic carbocycles. The van der Waals surface area contributed by atoms with Gasteiger partial charge in [-0.2, -0.15) is 5.10 Å². The number of aryl methyl sites for hydroxylation is 3. The van der Waals surface area contributed by atoms with Gasteiger partial charge in [0.05, 0.1) is 23.3 Å². The van der Waals surface area contributed by atoms with E-state index < -0.39 is 0 Å². The molecule has 1 N–H and O–H groups in total. The summed E-state index contributed by atoms with van der Waals surface area (Å²) in [5.41, 5.74) is 3.59. The first-order valence-electron chi connectivity index (χ1n) is 8.12. The van der Waals surface area contributed by atoms with Gasteiger partial charge in [0.2, 0.25) is 0 Å². The number of hydrogen-bond donors (Lipinski definition) is 1. The maximum Gasteiger partial charge on any atom is 0.270 e. The molecule has 0 aliphatic rings. The van der Waals surface area contributed by atoms with E-state index in [9.17, 15) is 4.79 Å². The maximum atomic E-state index is 12.3. The number of carbonyl (C=O) groups excluding carboxylic acids is 1. The highest BCUT2D eigenvalue weighted by molar-refractivity contribution is 9.10. The zero-order valence-corrected chi connectivity index (χ0v) is 16.6. The third kappa shape index (κ3) is 5.06. The average molecular weight is 410 g/mol. The first kappa shape index (κ1) is 19.5. The van der Waals surface area contributed by atoms with Crippen LogP contribution in [-0.2, 0) is 18.2 Å². The second-order valence-corrected chi connectivity index (χ2v) is 6.61. The van der Waals surface area contributed by atoms with Crippen molar-refractivity contribution in [3.05, 3.63) is 45.2 Å². The van der Waals surface area contributed by atoms with Crippen LogP contribution in [0, 0.1) is 13.8 Å². The molecule has 0 atom stereocenters. The summed E-state index contributed by atoms with van der Waals surface area (Å²) in [6.07, 6.45) is 0.882. The largest absolute Gasteiger partial charge is 0.491 e. The standard InChI is InChI=1S/C18H24BrN3O3/c1-12-11-14(7-9-24-4)5-6-15(12)25-10-8-20-18(23)17-16(19)13(2)21-22(17)3/h5-6,11H,7-10H2,1-4H3,(H,20,23). The number of carbonyl (C=O) groups is 1. The molecule has 1 aromatic carbocycles. The Hall–Kier alpha value is -1.86. The van der Waals surface area contributed by atoms with Crippen LogP contribution in [0.3, 0.4) is 0 Å². The molecule has 0 unspecified atom stereocenters. The van der Waals surface area contributed by atoms with E-state index in [0.717, 1.165) is 27.9 Å². The van der Waals surface area contributed by atoms with Gasteiger partial charge in [-0.15, -0.1) is 0 Å². The van der Waals surface area contributed by atoms with Crippen molar-refractivity contribution in [1.29, 1.82) is 0 Å². The van der Waals surface area contributed by atoms with Crippen molar-refractivity contribution in [2.75, 3.05) is 26.9 Å². The van der Waals surface area contributed by atoms with E-state index in [1.165, 1.54) is 5.56 Å². The Morgan fingerprint density at radius 2 is 2.08 bits per heavy atom. The van der Waals surface area contributed by atoms with Gasteiger partial charge in [0, 0.05) is 14.2 Å². The molecule has 1 aromatic heterocycles. The molecule has 6 nitrogen and oxygen atoms in total. The minimum absolute atomic E-state index is 0.176. The van der Waals surface area contributed by atoms with E-state index in [4.69, 9.17) is 9.47 Å². The second kappa shape index (κ2) is 9.01. The van der Waals surface area contributed by atoms with Crippen LogP contribution in [-0.4, -0.2) is 42.6 Å². The second-order valence-electron chi connectivity index (χ2n) is 5.82. The first-order chi connectivity index (χ1) is 11.9. The van der Waals surface area contributed by atoms with Crippen molar-refractivity contribution in [2.45, 2.75) is 20.3 Å². The molecular formula is C18H24BrN3O3. The van der Waals surface area contributed by atoms with Crippen LogP contribution >= 0.6 is 15.9 Å². The number of benzene rings is 1. The average Bonchev–Trinajstić information content (AvgIpc) is 2.83. The van der Waals surface area contributed by atoms with Crippen LogP contribution in [0.25, 0.3) is 0 Å². The molecule has 1 heterocycles. The van der Waals surface area contributed by atoms with E-state index in [-0.39, 0.29) is 5.91 Å². The number of ether oxygens (including phenoxy) is 2. The van der Waals surface area contributed by atoms with Crippen molar-refractivity contribution < 1.29 is 14.3 Å². The molecular weight excluding hydrogens is 386 g/mol. The van der Waals surface area contributed by atoms with Crippen LogP contribution < -0.4 is 10.1 Å². The topological polar surface area (TPSA) is 65.4 Å². The summed E-state index contributed by atoms with van der Waals surface area (Å²) in [5.74, 6) is 0.651. The molecule has 136 valence electrons. The minimum atomic E-state index is -0.176. The predicted octanol–water partition coefficient (Wildman–Crippen LogP) is 2.80. The molecule has 0 spiro atoms. The molecule has 1 amide bonds. The van der Waals surface area contributed by atoms with Gasteiger partial charge >= 0.3 is 0 Å². The molecule has 2 rings (SSSR count). The lowest BCUT2D eigenvalue weighted by Crippen LogP contribution is -2.30. The lowest BCUT2D eigenvalue weighted by atomic mass is 10.1. The number of aromatic nitrogens is 2. The molecule has 0 saturated carbocycles. The molecule has 25 heavy (non-hydrogen) atoms. The van der Waals surface area contributed by atoms with Gasteiger partial charge in [-0.05, 0) is 53.4 Å². The Labute approximate surface area is 156 Å². The van der Waals surface area contributed by atoms with Gasteiger partial charge in [-0.25, -0.2) is 0 Å². The summed E-state index contributed by atoms with van der Waals surface area (Å²) in [4.78, 5) is 12.3.